The molecule has 1 aliphatic rings. The van der Waals surface area contributed by atoms with Crippen molar-refractivity contribution in [3.05, 3.63) is 29.8 Å². The number of amides is 1. The van der Waals surface area contributed by atoms with Crippen LogP contribution in [0.1, 0.15) is 25.8 Å². The van der Waals surface area contributed by atoms with Gasteiger partial charge < -0.3 is 9.64 Å². The maximum atomic E-state index is 12.1. The third kappa shape index (κ3) is 4.46. The summed E-state index contributed by atoms with van der Waals surface area (Å²) < 4.78 is 5.41. The number of carbonyl (C=O) groups excluding carboxylic acids is 1. The van der Waals surface area contributed by atoms with E-state index in [0.29, 0.717) is 12.3 Å². The number of nitrogens with zero attached hydrogens (tertiary/aromatic N) is 2. The second kappa shape index (κ2) is 7.46. The van der Waals surface area contributed by atoms with Crippen LogP contribution in [0.4, 0.5) is 0 Å². The Bertz CT molecular complexity index is 474. The van der Waals surface area contributed by atoms with E-state index in [9.17, 15) is 4.79 Å². The Hall–Kier alpha value is -1.55. The Kier molecular flexibility index (Phi) is 5.62. The van der Waals surface area contributed by atoms with E-state index in [1.807, 2.05) is 23.1 Å². The van der Waals surface area contributed by atoms with Crippen LogP contribution in [-0.2, 0) is 11.3 Å². The highest BCUT2D eigenvalue weighted by atomic mass is 16.5. The highest BCUT2D eigenvalue weighted by Crippen LogP contribution is 2.20. The van der Waals surface area contributed by atoms with E-state index in [0.717, 1.165) is 38.5 Å². The first-order valence-corrected chi connectivity index (χ1v) is 7.72. The zero-order valence-electron chi connectivity index (χ0n) is 13.3. The molecule has 1 aromatic carbocycles. The minimum absolute atomic E-state index is 0.284. The van der Waals surface area contributed by atoms with Gasteiger partial charge in [0.1, 0.15) is 5.75 Å². The van der Waals surface area contributed by atoms with Crippen molar-refractivity contribution in [2.24, 2.45) is 5.92 Å². The molecule has 0 N–H and O–H groups in total. The van der Waals surface area contributed by atoms with E-state index in [-0.39, 0.29) is 5.91 Å². The van der Waals surface area contributed by atoms with E-state index in [1.54, 1.807) is 7.11 Å². The summed E-state index contributed by atoms with van der Waals surface area (Å²) in [6.07, 6.45) is 0.613. The van der Waals surface area contributed by atoms with Gasteiger partial charge in [0, 0.05) is 44.7 Å². The molecule has 1 fully saturated rings. The number of methoxy groups -OCH3 is 1. The van der Waals surface area contributed by atoms with Crippen molar-refractivity contribution in [2.45, 2.75) is 26.8 Å². The number of benzene rings is 1. The summed E-state index contributed by atoms with van der Waals surface area (Å²) >= 11 is 0. The van der Waals surface area contributed by atoms with E-state index >= 15 is 0 Å². The molecule has 0 aromatic heterocycles. The Balaban J connectivity index is 1.98. The molecular weight excluding hydrogens is 264 g/mol. The van der Waals surface area contributed by atoms with Crippen molar-refractivity contribution in [3.63, 3.8) is 0 Å². The minimum atomic E-state index is 0.284. The van der Waals surface area contributed by atoms with Gasteiger partial charge in [0.2, 0.25) is 5.91 Å². The number of hydrogen-bond donors (Lipinski definition) is 0. The Morgan fingerprint density at radius 2 is 1.95 bits per heavy atom. The van der Waals surface area contributed by atoms with Gasteiger partial charge in [-0.3, -0.25) is 9.69 Å². The molecule has 1 amide bonds. The fourth-order valence-corrected chi connectivity index (χ4v) is 2.78. The molecule has 0 unspecified atom stereocenters. The molecule has 1 saturated heterocycles. The van der Waals surface area contributed by atoms with E-state index in [2.05, 4.69) is 24.8 Å². The normalized spacial score (nSPS) is 17.1. The van der Waals surface area contributed by atoms with Gasteiger partial charge in [-0.05, 0) is 12.0 Å². The number of para-hydroxylation sites is 1. The third-order valence-corrected chi connectivity index (χ3v) is 3.85. The molecule has 21 heavy (non-hydrogen) atoms. The van der Waals surface area contributed by atoms with Gasteiger partial charge in [-0.25, -0.2) is 0 Å². The van der Waals surface area contributed by atoms with Crippen LogP contribution in [0.3, 0.4) is 0 Å². The fraction of sp³-hybridized carbons (Fsp3) is 0.588. The predicted octanol–water partition coefficient (Wildman–Crippen LogP) is 2.39. The van der Waals surface area contributed by atoms with E-state index < -0.39 is 0 Å². The molecule has 0 radical (unpaired) electrons. The first-order valence-electron chi connectivity index (χ1n) is 7.72. The van der Waals surface area contributed by atoms with Crippen molar-refractivity contribution in [1.82, 2.24) is 9.80 Å². The Morgan fingerprint density at radius 3 is 2.67 bits per heavy atom. The minimum Gasteiger partial charge on any atom is -0.496 e. The summed E-state index contributed by atoms with van der Waals surface area (Å²) in [5.41, 5.74) is 1.18. The lowest BCUT2D eigenvalue weighted by Crippen LogP contribution is -2.35. The number of hydrogen-bond acceptors (Lipinski definition) is 3. The summed E-state index contributed by atoms with van der Waals surface area (Å²) in [4.78, 5) is 16.5. The molecule has 0 spiro atoms. The van der Waals surface area contributed by atoms with Gasteiger partial charge in [0.15, 0.2) is 0 Å². The van der Waals surface area contributed by atoms with Crippen LogP contribution >= 0.6 is 0 Å². The SMILES string of the molecule is COc1ccccc1CN1CCC(=O)N(CC(C)C)CC1. The van der Waals surface area contributed by atoms with E-state index in [4.69, 9.17) is 4.74 Å². The second-order valence-corrected chi connectivity index (χ2v) is 6.07. The van der Waals surface area contributed by atoms with Crippen molar-refractivity contribution in [3.8, 4) is 5.75 Å². The van der Waals surface area contributed by atoms with Crippen LogP contribution in [0, 0.1) is 5.92 Å². The molecule has 1 aliphatic heterocycles. The highest BCUT2D eigenvalue weighted by molar-refractivity contribution is 5.76. The maximum absolute atomic E-state index is 12.1. The summed E-state index contributed by atoms with van der Waals surface area (Å²) in [5.74, 6) is 1.73. The molecule has 4 nitrogen and oxygen atoms in total. The summed E-state index contributed by atoms with van der Waals surface area (Å²) in [7, 11) is 1.70. The maximum Gasteiger partial charge on any atom is 0.223 e. The molecule has 116 valence electrons. The molecular formula is C17H26N2O2. The molecule has 1 aromatic rings. The molecule has 0 bridgehead atoms. The monoisotopic (exact) mass is 290 g/mol. The standard InChI is InChI=1S/C17H26N2O2/c1-14(2)12-19-11-10-18(9-8-17(19)20)13-15-6-4-5-7-16(15)21-3/h4-7,14H,8-13H2,1-3H3. The first-order chi connectivity index (χ1) is 10.1. The fourth-order valence-electron chi connectivity index (χ4n) is 2.78. The molecule has 4 heteroatoms. The van der Waals surface area contributed by atoms with Gasteiger partial charge in [0.05, 0.1) is 7.11 Å². The average Bonchev–Trinajstić information content (AvgIpc) is 2.63. The summed E-state index contributed by atoms with van der Waals surface area (Å²) in [6.45, 7) is 8.60. The lowest BCUT2D eigenvalue weighted by molar-refractivity contribution is -0.130. The number of rotatable bonds is 5. The van der Waals surface area contributed by atoms with Crippen LogP contribution < -0.4 is 4.74 Å². The molecule has 0 aliphatic carbocycles. The Labute approximate surface area is 127 Å². The molecule has 0 saturated carbocycles. The van der Waals surface area contributed by atoms with Crippen molar-refractivity contribution >= 4 is 5.91 Å². The van der Waals surface area contributed by atoms with Gasteiger partial charge >= 0.3 is 0 Å². The third-order valence-electron chi connectivity index (χ3n) is 3.85. The average molecular weight is 290 g/mol. The number of carbonyl (C=O) groups is 1. The topological polar surface area (TPSA) is 32.8 Å². The van der Waals surface area contributed by atoms with Crippen LogP contribution in [-0.4, -0.2) is 49.0 Å². The predicted molar refractivity (Wildman–Crippen MR) is 84.3 cm³/mol. The lowest BCUT2D eigenvalue weighted by Gasteiger charge is -2.24. The quantitative estimate of drug-likeness (QED) is 0.835. The summed E-state index contributed by atoms with van der Waals surface area (Å²) in [5, 5.41) is 0. The zero-order valence-corrected chi connectivity index (χ0v) is 13.3. The van der Waals surface area contributed by atoms with E-state index in [1.165, 1.54) is 5.56 Å². The van der Waals surface area contributed by atoms with Crippen LogP contribution in [0.5, 0.6) is 5.75 Å². The lowest BCUT2D eigenvalue weighted by atomic mass is 10.2. The smallest absolute Gasteiger partial charge is 0.223 e. The van der Waals surface area contributed by atoms with Crippen molar-refractivity contribution < 1.29 is 9.53 Å². The number of ether oxygens (including phenoxy) is 1. The molecule has 1 heterocycles. The second-order valence-electron chi connectivity index (χ2n) is 6.07. The molecule has 0 atom stereocenters. The van der Waals surface area contributed by atoms with Crippen molar-refractivity contribution in [2.75, 3.05) is 33.3 Å². The molecule has 2 rings (SSSR count). The largest absolute Gasteiger partial charge is 0.496 e. The first kappa shape index (κ1) is 15.8. The Morgan fingerprint density at radius 1 is 1.19 bits per heavy atom. The van der Waals surface area contributed by atoms with Gasteiger partial charge in [-0.15, -0.1) is 0 Å². The van der Waals surface area contributed by atoms with Crippen molar-refractivity contribution in [1.29, 1.82) is 0 Å². The highest BCUT2D eigenvalue weighted by Gasteiger charge is 2.21. The van der Waals surface area contributed by atoms with Crippen LogP contribution in [0.2, 0.25) is 0 Å². The van der Waals surface area contributed by atoms with Gasteiger partial charge in [0.25, 0.3) is 0 Å². The van der Waals surface area contributed by atoms with Gasteiger partial charge in [-0.2, -0.15) is 0 Å². The zero-order chi connectivity index (χ0) is 15.2. The van der Waals surface area contributed by atoms with Crippen LogP contribution in [0.15, 0.2) is 24.3 Å². The summed E-state index contributed by atoms with van der Waals surface area (Å²) in [6, 6.07) is 8.10. The van der Waals surface area contributed by atoms with Gasteiger partial charge in [-0.1, -0.05) is 32.0 Å². The van der Waals surface area contributed by atoms with Crippen LogP contribution in [0.25, 0.3) is 0 Å².